The van der Waals surface area contributed by atoms with Crippen LogP contribution in [-0.4, -0.2) is 114 Å². The highest BCUT2D eigenvalue weighted by Crippen LogP contribution is 2.28. The number of para-hydroxylation sites is 4. The zero-order valence-electron chi connectivity index (χ0n) is 25.7. The minimum absolute atomic E-state index is 0.315. The number of carbonyl (C=O) groups excluding carboxylic acids is 1. The molecule has 0 bridgehead atoms. The summed E-state index contributed by atoms with van der Waals surface area (Å²) in [7, 11) is -6.69. The van der Waals surface area contributed by atoms with E-state index in [-0.39, 0.29) is 6.09 Å². The zero-order chi connectivity index (χ0) is 32.7. The fraction of sp³-hybridized carbons (Fsp3) is 0.500. The highest BCUT2D eigenvalue weighted by molar-refractivity contribution is 7.92. The molecule has 2 aliphatic heterocycles. The van der Waals surface area contributed by atoms with Gasteiger partial charge in [0, 0.05) is 52.4 Å². The Labute approximate surface area is 259 Å². The Bertz CT molecular complexity index is 1510. The van der Waals surface area contributed by atoms with Crippen LogP contribution in [0.15, 0.2) is 48.5 Å². The summed E-state index contributed by atoms with van der Waals surface area (Å²) in [6.07, 6.45) is 0.994. The molecule has 2 saturated heterocycles. The van der Waals surface area contributed by atoms with E-state index >= 15 is 0 Å². The molecule has 44 heavy (non-hydrogen) atoms. The van der Waals surface area contributed by atoms with Crippen molar-refractivity contribution in [1.29, 1.82) is 0 Å². The van der Waals surface area contributed by atoms with Crippen molar-refractivity contribution in [3.63, 3.8) is 0 Å². The van der Waals surface area contributed by atoms with Crippen molar-refractivity contribution < 1.29 is 36.3 Å². The maximum atomic E-state index is 12.1. The molecule has 16 heteroatoms. The number of rotatable bonds is 6. The van der Waals surface area contributed by atoms with Crippen LogP contribution in [0, 0.1) is 0 Å². The number of carbonyl (C=O) groups is 2. The second-order valence-corrected chi connectivity index (χ2v) is 15.0. The van der Waals surface area contributed by atoms with Crippen molar-refractivity contribution in [2.24, 2.45) is 0 Å². The molecule has 0 aromatic heterocycles. The molecule has 0 spiro atoms. The molecule has 0 unspecified atom stereocenters. The number of hydrogen-bond acceptors (Lipinski definition) is 9. The van der Waals surface area contributed by atoms with E-state index in [0.29, 0.717) is 63.7 Å². The van der Waals surface area contributed by atoms with Crippen LogP contribution >= 0.6 is 0 Å². The van der Waals surface area contributed by atoms with Gasteiger partial charge in [-0.25, -0.2) is 26.4 Å². The first-order chi connectivity index (χ1) is 20.4. The average molecular weight is 655 g/mol. The largest absolute Gasteiger partial charge is 0.465 e. The van der Waals surface area contributed by atoms with E-state index in [1.165, 1.54) is 4.90 Å². The Morgan fingerprint density at radius 1 is 0.682 bits per heavy atom. The molecule has 14 nitrogen and oxygen atoms in total. The SMILES string of the molecule is CC(C)(C)OC(=O)N1CCN(c2ccccc2NS(C)(=O)=O)CC1.CS(=O)(=O)Nc1ccccc1N1CCN(C(=O)O)CC1. The first kappa shape index (κ1) is 34.6. The monoisotopic (exact) mass is 654 g/mol. The van der Waals surface area contributed by atoms with Crippen LogP contribution in [0.2, 0.25) is 0 Å². The molecule has 3 N–H and O–H groups in total. The maximum Gasteiger partial charge on any atom is 0.410 e. The van der Waals surface area contributed by atoms with Gasteiger partial charge in [0.25, 0.3) is 0 Å². The number of benzene rings is 2. The van der Waals surface area contributed by atoms with Crippen molar-refractivity contribution in [2.45, 2.75) is 26.4 Å². The van der Waals surface area contributed by atoms with Gasteiger partial charge >= 0.3 is 12.2 Å². The second kappa shape index (κ2) is 14.2. The maximum absolute atomic E-state index is 12.1. The normalized spacial score (nSPS) is 16.0. The van der Waals surface area contributed by atoms with Crippen molar-refractivity contribution in [2.75, 3.05) is 84.1 Å². The molecular formula is C28H42N6O8S2. The molecule has 2 heterocycles. The molecular weight excluding hydrogens is 612 g/mol. The van der Waals surface area contributed by atoms with Gasteiger partial charge in [-0.05, 0) is 45.0 Å². The summed E-state index contributed by atoms with van der Waals surface area (Å²) in [6, 6.07) is 14.4. The van der Waals surface area contributed by atoms with E-state index in [2.05, 4.69) is 14.3 Å². The number of ether oxygens (including phenoxy) is 1. The van der Waals surface area contributed by atoms with Gasteiger partial charge in [-0.2, -0.15) is 0 Å². The van der Waals surface area contributed by atoms with Crippen molar-refractivity contribution in [3.8, 4) is 0 Å². The summed E-state index contributed by atoms with van der Waals surface area (Å²) in [4.78, 5) is 30.0. The van der Waals surface area contributed by atoms with Crippen LogP contribution < -0.4 is 19.2 Å². The number of piperazine rings is 2. The molecule has 2 fully saturated rings. The Hall–Kier alpha value is -3.92. The van der Waals surface area contributed by atoms with E-state index in [1.807, 2.05) is 49.9 Å². The minimum atomic E-state index is -3.34. The lowest BCUT2D eigenvalue weighted by Crippen LogP contribution is -2.50. The van der Waals surface area contributed by atoms with E-state index in [4.69, 9.17) is 9.84 Å². The molecule has 0 radical (unpaired) electrons. The highest BCUT2D eigenvalue weighted by atomic mass is 32.2. The van der Waals surface area contributed by atoms with E-state index < -0.39 is 31.7 Å². The van der Waals surface area contributed by atoms with Crippen LogP contribution in [0.3, 0.4) is 0 Å². The molecule has 0 saturated carbocycles. The van der Waals surface area contributed by atoms with E-state index in [9.17, 15) is 26.4 Å². The third-order valence-corrected chi connectivity index (χ3v) is 7.74. The molecule has 0 aliphatic carbocycles. The van der Waals surface area contributed by atoms with Crippen molar-refractivity contribution >= 4 is 55.0 Å². The first-order valence-electron chi connectivity index (χ1n) is 14.0. The number of carboxylic acid groups (broad SMARTS) is 1. The average Bonchev–Trinajstić information content (AvgIpc) is 2.92. The molecule has 2 aromatic rings. The predicted octanol–water partition coefficient (Wildman–Crippen LogP) is 2.97. The van der Waals surface area contributed by atoms with Crippen LogP contribution in [0.5, 0.6) is 0 Å². The quantitative estimate of drug-likeness (QED) is 0.421. The summed E-state index contributed by atoms with van der Waals surface area (Å²) in [5, 5.41) is 8.92. The van der Waals surface area contributed by atoms with Gasteiger partial charge in [-0.3, -0.25) is 9.44 Å². The summed E-state index contributed by atoms with van der Waals surface area (Å²) in [5.74, 6) is 0. The minimum Gasteiger partial charge on any atom is -0.465 e. The third-order valence-electron chi connectivity index (χ3n) is 6.56. The number of nitrogens with one attached hydrogen (secondary N) is 2. The first-order valence-corrected chi connectivity index (χ1v) is 17.8. The van der Waals surface area contributed by atoms with Gasteiger partial charge < -0.3 is 29.4 Å². The number of anilines is 4. The fourth-order valence-electron chi connectivity index (χ4n) is 4.67. The lowest BCUT2D eigenvalue weighted by molar-refractivity contribution is 0.0240. The van der Waals surface area contributed by atoms with Crippen LogP contribution in [-0.2, 0) is 24.8 Å². The predicted molar refractivity (Wildman–Crippen MR) is 172 cm³/mol. The molecule has 4 rings (SSSR count). The molecule has 244 valence electrons. The number of sulfonamides is 2. The molecule has 2 aliphatic rings. The van der Waals surface area contributed by atoms with Gasteiger partial charge in [-0.15, -0.1) is 0 Å². The van der Waals surface area contributed by atoms with Crippen LogP contribution in [0.25, 0.3) is 0 Å². The number of amides is 2. The Balaban J connectivity index is 0.000000244. The van der Waals surface area contributed by atoms with Gasteiger partial charge in [0.15, 0.2) is 0 Å². The molecule has 2 aromatic carbocycles. The van der Waals surface area contributed by atoms with Gasteiger partial charge in [-0.1, -0.05) is 24.3 Å². The van der Waals surface area contributed by atoms with Gasteiger partial charge in [0.05, 0.1) is 35.3 Å². The van der Waals surface area contributed by atoms with Gasteiger partial charge in [0.1, 0.15) is 5.60 Å². The smallest absolute Gasteiger partial charge is 0.410 e. The van der Waals surface area contributed by atoms with E-state index in [1.54, 1.807) is 29.2 Å². The number of nitrogens with zero attached hydrogens (tertiary/aromatic N) is 4. The lowest BCUT2D eigenvalue weighted by atomic mass is 10.2. The second-order valence-electron chi connectivity index (χ2n) is 11.5. The summed E-state index contributed by atoms with van der Waals surface area (Å²) in [6.45, 7) is 9.69. The van der Waals surface area contributed by atoms with Crippen LogP contribution in [0.4, 0.5) is 32.3 Å². The standard InChI is InChI=1S/C16H25N3O4S.C12H17N3O4S/c1-16(2,3)23-15(20)19-11-9-18(10-12-19)14-8-6-5-7-13(14)17-24(4,21)22;1-20(18,19)13-10-4-2-3-5-11(10)14-6-8-15(9-7-14)12(16)17/h5-8,17H,9-12H2,1-4H3;2-5,13H,6-9H2,1H3,(H,16,17). The Kier molecular flexibility index (Phi) is 11.2. The van der Waals surface area contributed by atoms with Crippen molar-refractivity contribution in [3.05, 3.63) is 48.5 Å². The fourth-order valence-corrected chi connectivity index (χ4v) is 5.81. The lowest BCUT2D eigenvalue weighted by Gasteiger charge is -2.37. The van der Waals surface area contributed by atoms with Crippen LogP contribution in [0.1, 0.15) is 20.8 Å². The third kappa shape index (κ3) is 11.0. The highest BCUT2D eigenvalue weighted by Gasteiger charge is 2.27. The van der Waals surface area contributed by atoms with E-state index in [0.717, 1.165) is 23.9 Å². The Morgan fingerprint density at radius 2 is 1.05 bits per heavy atom. The van der Waals surface area contributed by atoms with Gasteiger partial charge in [0.2, 0.25) is 20.0 Å². The summed E-state index contributed by atoms with van der Waals surface area (Å²) >= 11 is 0. The molecule has 2 amide bonds. The zero-order valence-corrected chi connectivity index (χ0v) is 27.3. The summed E-state index contributed by atoms with van der Waals surface area (Å²) in [5.41, 5.74) is 2.12. The Morgan fingerprint density at radius 3 is 1.39 bits per heavy atom. The number of hydrogen-bond donors (Lipinski definition) is 3. The van der Waals surface area contributed by atoms with Crippen molar-refractivity contribution in [1.82, 2.24) is 9.80 Å². The molecule has 0 atom stereocenters. The topological polar surface area (TPSA) is 169 Å². The summed E-state index contributed by atoms with van der Waals surface area (Å²) < 4.78 is 56.1.